The molecule has 0 fully saturated rings. The molecule has 0 atom stereocenters. The van der Waals surface area contributed by atoms with Crippen molar-refractivity contribution in [3.8, 4) is 0 Å². The molecule has 0 saturated carbocycles. The first-order valence-corrected chi connectivity index (χ1v) is 7.91. The molecule has 1 amide bonds. The fraction of sp³-hybridized carbons (Fsp3) is 0.278. The highest BCUT2D eigenvalue weighted by molar-refractivity contribution is 5.94. The fourth-order valence-corrected chi connectivity index (χ4v) is 2.28. The van der Waals surface area contributed by atoms with Gasteiger partial charge in [-0.3, -0.25) is 14.6 Å². The monoisotopic (exact) mass is 366 g/mol. The van der Waals surface area contributed by atoms with Crippen molar-refractivity contribution in [1.82, 2.24) is 9.88 Å². The van der Waals surface area contributed by atoms with Gasteiger partial charge in [0, 0.05) is 25.5 Å². The van der Waals surface area contributed by atoms with Gasteiger partial charge in [0.2, 0.25) is 0 Å². The Morgan fingerprint density at radius 2 is 1.77 bits per heavy atom. The van der Waals surface area contributed by atoms with Crippen LogP contribution in [-0.4, -0.2) is 34.9 Å². The van der Waals surface area contributed by atoms with Gasteiger partial charge in [0.15, 0.2) is 17.5 Å². The van der Waals surface area contributed by atoms with Gasteiger partial charge in [-0.1, -0.05) is 0 Å². The van der Waals surface area contributed by atoms with Gasteiger partial charge in [0.1, 0.15) is 0 Å². The SMILES string of the molecule is CCOC(=O)CCN(Cc1ccncc1)C(=O)c1ccc(F)c(F)c1F. The summed E-state index contributed by atoms with van der Waals surface area (Å²) >= 11 is 0. The maximum absolute atomic E-state index is 14.0. The molecule has 0 aliphatic carbocycles. The molecular formula is C18H17F3N2O3. The maximum Gasteiger partial charge on any atom is 0.307 e. The van der Waals surface area contributed by atoms with Crippen molar-refractivity contribution in [3.05, 3.63) is 65.2 Å². The van der Waals surface area contributed by atoms with E-state index in [0.717, 1.165) is 6.07 Å². The zero-order valence-electron chi connectivity index (χ0n) is 14.0. The number of esters is 1. The van der Waals surface area contributed by atoms with Crippen LogP contribution in [0, 0.1) is 17.5 Å². The Bertz CT molecular complexity index is 785. The van der Waals surface area contributed by atoms with Crippen LogP contribution < -0.4 is 0 Å². The number of hydrogen-bond donors (Lipinski definition) is 0. The van der Waals surface area contributed by atoms with E-state index in [1.807, 2.05) is 0 Å². The average molecular weight is 366 g/mol. The van der Waals surface area contributed by atoms with E-state index in [1.165, 1.54) is 17.3 Å². The van der Waals surface area contributed by atoms with Crippen LogP contribution in [0.25, 0.3) is 0 Å². The molecule has 0 bridgehead atoms. The van der Waals surface area contributed by atoms with Gasteiger partial charge in [-0.15, -0.1) is 0 Å². The Hall–Kier alpha value is -2.90. The molecule has 0 aliphatic heterocycles. The van der Waals surface area contributed by atoms with Gasteiger partial charge >= 0.3 is 5.97 Å². The Morgan fingerprint density at radius 3 is 2.42 bits per heavy atom. The molecule has 0 spiro atoms. The van der Waals surface area contributed by atoms with Crippen LogP contribution in [0.2, 0.25) is 0 Å². The van der Waals surface area contributed by atoms with E-state index in [-0.39, 0.29) is 26.1 Å². The maximum atomic E-state index is 14.0. The molecule has 1 aromatic carbocycles. The summed E-state index contributed by atoms with van der Waals surface area (Å²) in [4.78, 5) is 29.2. The number of rotatable bonds is 7. The topological polar surface area (TPSA) is 59.5 Å². The largest absolute Gasteiger partial charge is 0.466 e. The minimum Gasteiger partial charge on any atom is -0.466 e. The molecule has 0 saturated heterocycles. The lowest BCUT2D eigenvalue weighted by Crippen LogP contribution is -2.33. The average Bonchev–Trinajstić information content (AvgIpc) is 2.64. The number of halogens is 3. The summed E-state index contributed by atoms with van der Waals surface area (Å²) in [5, 5.41) is 0. The first-order valence-electron chi connectivity index (χ1n) is 7.91. The zero-order valence-corrected chi connectivity index (χ0v) is 14.0. The number of benzene rings is 1. The van der Waals surface area contributed by atoms with Crippen molar-refractivity contribution in [1.29, 1.82) is 0 Å². The van der Waals surface area contributed by atoms with Crippen LogP contribution in [0.4, 0.5) is 13.2 Å². The second-order valence-electron chi connectivity index (χ2n) is 5.36. The third-order valence-electron chi connectivity index (χ3n) is 3.57. The smallest absolute Gasteiger partial charge is 0.307 e. The van der Waals surface area contributed by atoms with Crippen molar-refractivity contribution >= 4 is 11.9 Å². The summed E-state index contributed by atoms with van der Waals surface area (Å²) in [6.07, 6.45) is 2.92. The number of aromatic nitrogens is 1. The Morgan fingerprint density at radius 1 is 1.08 bits per heavy atom. The molecule has 0 radical (unpaired) electrons. The van der Waals surface area contributed by atoms with Crippen LogP contribution in [0.15, 0.2) is 36.7 Å². The second-order valence-corrected chi connectivity index (χ2v) is 5.36. The number of hydrogen-bond acceptors (Lipinski definition) is 4. The van der Waals surface area contributed by atoms with Crippen molar-refractivity contribution in [2.45, 2.75) is 19.9 Å². The molecule has 2 aromatic rings. The van der Waals surface area contributed by atoms with E-state index < -0.39 is 34.9 Å². The van der Waals surface area contributed by atoms with Gasteiger partial charge in [-0.2, -0.15) is 0 Å². The quantitative estimate of drug-likeness (QED) is 0.558. The number of pyridine rings is 1. The molecule has 0 unspecified atom stereocenters. The lowest BCUT2D eigenvalue weighted by Gasteiger charge is -2.23. The minimum absolute atomic E-state index is 0.0409. The van der Waals surface area contributed by atoms with Crippen molar-refractivity contribution < 1.29 is 27.5 Å². The molecule has 0 N–H and O–H groups in total. The van der Waals surface area contributed by atoms with E-state index in [2.05, 4.69) is 4.98 Å². The standard InChI is InChI=1S/C18H17F3N2O3/c1-2-26-15(24)7-10-23(11-12-5-8-22-9-6-12)18(25)13-3-4-14(19)17(21)16(13)20/h3-6,8-9H,2,7,10-11H2,1H3. The van der Waals surface area contributed by atoms with Crippen LogP contribution in [0.3, 0.4) is 0 Å². The lowest BCUT2D eigenvalue weighted by atomic mass is 10.1. The van der Waals surface area contributed by atoms with Crippen molar-refractivity contribution in [3.63, 3.8) is 0 Å². The second kappa shape index (κ2) is 8.98. The van der Waals surface area contributed by atoms with Gasteiger partial charge in [-0.05, 0) is 36.8 Å². The van der Waals surface area contributed by atoms with Crippen molar-refractivity contribution in [2.24, 2.45) is 0 Å². The number of ether oxygens (including phenoxy) is 1. The third-order valence-corrected chi connectivity index (χ3v) is 3.57. The minimum atomic E-state index is -1.72. The van der Waals surface area contributed by atoms with Gasteiger partial charge in [-0.25, -0.2) is 13.2 Å². The summed E-state index contributed by atoms with van der Waals surface area (Å²) in [5.41, 5.74) is 0.0713. The highest BCUT2D eigenvalue weighted by atomic mass is 19.2. The Kier molecular flexibility index (Phi) is 6.71. The normalized spacial score (nSPS) is 10.5. The van der Waals surface area contributed by atoms with E-state index in [0.29, 0.717) is 11.6 Å². The highest BCUT2D eigenvalue weighted by Crippen LogP contribution is 2.18. The van der Waals surface area contributed by atoms with E-state index >= 15 is 0 Å². The predicted molar refractivity (Wildman–Crippen MR) is 86.5 cm³/mol. The highest BCUT2D eigenvalue weighted by Gasteiger charge is 2.24. The molecule has 2 rings (SSSR count). The number of amides is 1. The molecule has 8 heteroatoms. The fourth-order valence-electron chi connectivity index (χ4n) is 2.28. The van der Waals surface area contributed by atoms with Gasteiger partial charge < -0.3 is 9.64 Å². The molecule has 26 heavy (non-hydrogen) atoms. The van der Waals surface area contributed by atoms with Crippen LogP contribution in [-0.2, 0) is 16.1 Å². The predicted octanol–water partition coefficient (Wildman–Crippen LogP) is 3.09. The summed E-state index contributed by atoms with van der Waals surface area (Å²) in [6, 6.07) is 4.85. The van der Waals surface area contributed by atoms with Gasteiger partial charge in [0.25, 0.3) is 5.91 Å². The number of nitrogens with zero attached hydrogens (tertiary/aromatic N) is 2. The molecule has 1 aromatic heterocycles. The summed E-state index contributed by atoms with van der Waals surface area (Å²) < 4.78 is 45.3. The van der Waals surface area contributed by atoms with Gasteiger partial charge in [0.05, 0.1) is 18.6 Å². The molecular weight excluding hydrogens is 349 g/mol. The molecule has 138 valence electrons. The first kappa shape index (κ1) is 19.4. The lowest BCUT2D eigenvalue weighted by molar-refractivity contribution is -0.143. The summed E-state index contributed by atoms with van der Waals surface area (Å²) in [7, 11) is 0. The Labute approximate surface area is 148 Å². The van der Waals surface area contributed by atoms with Crippen LogP contribution >= 0.6 is 0 Å². The van der Waals surface area contributed by atoms with E-state index in [4.69, 9.17) is 4.74 Å². The summed E-state index contributed by atoms with van der Waals surface area (Å²) in [6.45, 7) is 1.81. The molecule has 1 heterocycles. The number of carbonyl (C=O) groups excluding carboxylic acids is 2. The molecule has 0 aliphatic rings. The van der Waals surface area contributed by atoms with E-state index in [9.17, 15) is 22.8 Å². The van der Waals surface area contributed by atoms with E-state index in [1.54, 1.807) is 19.1 Å². The third kappa shape index (κ3) is 4.81. The van der Waals surface area contributed by atoms with Crippen LogP contribution in [0.5, 0.6) is 0 Å². The zero-order chi connectivity index (χ0) is 19.1. The van der Waals surface area contributed by atoms with Crippen LogP contribution in [0.1, 0.15) is 29.3 Å². The first-order chi connectivity index (χ1) is 12.4. The van der Waals surface area contributed by atoms with Crippen molar-refractivity contribution in [2.75, 3.05) is 13.2 Å². The summed E-state index contributed by atoms with van der Waals surface area (Å²) in [5.74, 6) is -6.05. The molecule has 5 nitrogen and oxygen atoms in total. The number of carbonyl (C=O) groups is 2. The Balaban J connectivity index is 2.25.